The molecule has 0 spiro atoms. The molecule has 0 N–H and O–H groups in total. The van der Waals surface area contributed by atoms with Gasteiger partial charge in [0.1, 0.15) is 12.4 Å². The first-order valence-electron chi connectivity index (χ1n) is 8.46. The second-order valence-electron chi connectivity index (χ2n) is 5.96. The molecule has 130 valence electrons. The summed E-state index contributed by atoms with van der Waals surface area (Å²) in [4.78, 5) is 19.2. The van der Waals surface area contributed by atoms with Gasteiger partial charge in [0.15, 0.2) is 11.5 Å². The topological polar surface area (TPSA) is 51.7 Å². The summed E-state index contributed by atoms with van der Waals surface area (Å²) in [7, 11) is 0. The molecule has 0 radical (unpaired) electrons. The number of pyridine rings is 1. The monoisotopic (exact) mass is 346 g/mol. The Balaban J connectivity index is 1.60. The number of nitrogens with zero attached hydrogens (tertiary/aromatic N) is 2. The average molecular weight is 346 g/mol. The van der Waals surface area contributed by atoms with E-state index in [4.69, 9.17) is 9.47 Å². The molecule has 2 heterocycles. The number of hydrogen-bond donors (Lipinski definition) is 0. The van der Waals surface area contributed by atoms with E-state index in [1.807, 2.05) is 66.7 Å². The summed E-state index contributed by atoms with van der Waals surface area (Å²) in [5, 5.41) is 0. The van der Waals surface area contributed by atoms with E-state index in [0.717, 1.165) is 5.56 Å². The fourth-order valence-corrected chi connectivity index (χ4v) is 2.87. The highest BCUT2D eigenvalue weighted by atomic mass is 16.6. The number of carbonyl (C=O) groups excluding carboxylic acids is 1. The Kier molecular flexibility index (Phi) is 4.51. The van der Waals surface area contributed by atoms with Gasteiger partial charge in [-0.3, -0.25) is 9.69 Å². The van der Waals surface area contributed by atoms with E-state index in [-0.39, 0.29) is 12.5 Å². The number of fused-ring (bicyclic) bond motifs is 1. The first kappa shape index (κ1) is 16.1. The van der Waals surface area contributed by atoms with Crippen molar-refractivity contribution in [2.45, 2.75) is 12.6 Å². The third kappa shape index (κ3) is 3.37. The highest BCUT2D eigenvalue weighted by molar-refractivity contribution is 5.96. The number of rotatable bonds is 4. The van der Waals surface area contributed by atoms with Gasteiger partial charge in [-0.25, -0.2) is 4.98 Å². The van der Waals surface area contributed by atoms with Crippen molar-refractivity contribution in [1.29, 1.82) is 0 Å². The van der Waals surface area contributed by atoms with Crippen LogP contribution in [0.5, 0.6) is 11.5 Å². The molecule has 1 atom stereocenters. The molecule has 3 aromatic rings. The largest absolute Gasteiger partial charge is 0.485 e. The molecular weight excluding hydrogens is 328 g/mol. The highest BCUT2D eigenvalue weighted by Crippen LogP contribution is 2.31. The van der Waals surface area contributed by atoms with Crippen LogP contribution >= 0.6 is 0 Å². The van der Waals surface area contributed by atoms with E-state index in [1.54, 1.807) is 17.2 Å². The maximum atomic E-state index is 13.2. The molecule has 0 unspecified atom stereocenters. The van der Waals surface area contributed by atoms with Crippen molar-refractivity contribution < 1.29 is 14.3 Å². The van der Waals surface area contributed by atoms with E-state index in [0.29, 0.717) is 23.9 Å². The van der Waals surface area contributed by atoms with Gasteiger partial charge in [-0.05, 0) is 29.8 Å². The Bertz CT molecular complexity index is 884. The van der Waals surface area contributed by atoms with Gasteiger partial charge < -0.3 is 9.47 Å². The zero-order valence-electron chi connectivity index (χ0n) is 14.1. The van der Waals surface area contributed by atoms with Crippen LogP contribution < -0.4 is 14.4 Å². The molecule has 1 amide bonds. The van der Waals surface area contributed by atoms with Crippen LogP contribution in [0.4, 0.5) is 5.82 Å². The van der Waals surface area contributed by atoms with Crippen LogP contribution in [0, 0.1) is 0 Å². The fraction of sp³-hybridized carbons (Fsp3) is 0.143. The van der Waals surface area contributed by atoms with E-state index >= 15 is 0 Å². The smallest absolute Gasteiger partial charge is 0.273 e. The lowest BCUT2D eigenvalue weighted by molar-refractivity contribution is -0.127. The minimum Gasteiger partial charge on any atom is -0.485 e. The van der Waals surface area contributed by atoms with Gasteiger partial charge in [0.2, 0.25) is 6.10 Å². The molecule has 5 heteroatoms. The minimum absolute atomic E-state index is 0.175. The maximum absolute atomic E-state index is 13.2. The number of ether oxygens (including phenoxy) is 2. The Morgan fingerprint density at radius 3 is 2.46 bits per heavy atom. The normalized spacial score (nSPS) is 15.3. The zero-order chi connectivity index (χ0) is 17.8. The van der Waals surface area contributed by atoms with E-state index in [2.05, 4.69) is 4.98 Å². The van der Waals surface area contributed by atoms with Crippen LogP contribution in [-0.2, 0) is 11.3 Å². The number of amides is 1. The number of anilines is 1. The summed E-state index contributed by atoms with van der Waals surface area (Å²) >= 11 is 0. The Labute approximate surface area is 151 Å². The van der Waals surface area contributed by atoms with E-state index in [1.165, 1.54) is 0 Å². The van der Waals surface area contributed by atoms with Gasteiger partial charge in [-0.1, -0.05) is 48.5 Å². The molecule has 0 bridgehead atoms. The predicted molar refractivity (Wildman–Crippen MR) is 98.2 cm³/mol. The molecule has 0 saturated carbocycles. The quantitative estimate of drug-likeness (QED) is 0.726. The molecule has 1 aromatic heterocycles. The van der Waals surface area contributed by atoms with Crippen LogP contribution in [0.2, 0.25) is 0 Å². The van der Waals surface area contributed by atoms with Crippen molar-refractivity contribution in [2.75, 3.05) is 11.5 Å². The molecule has 0 aliphatic carbocycles. The Morgan fingerprint density at radius 1 is 0.962 bits per heavy atom. The second kappa shape index (κ2) is 7.27. The van der Waals surface area contributed by atoms with Crippen LogP contribution in [0.3, 0.4) is 0 Å². The summed E-state index contributed by atoms with van der Waals surface area (Å²) in [6.45, 7) is 0.589. The maximum Gasteiger partial charge on any atom is 0.273 e. The van der Waals surface area contributed by atoms with Gasteiger partial charge in [-0.15, -0.1) is 0 Å². The van der Waals surface area contributed by atoms with Crippen molar-refractivity contribution in [2.24, 2.45) is 0 Å². The lowest BCUT2D eigenvalue weighted by atomic mass is 10.2. The van der Waals surface area contributed by atoms with Crippen LogP contribution in [0.1, 0.15) is 5.56 Å². The Morgan fingerprint density at radius 2 is 1.69 bits per heavy atom. The summed E-state index contributed by atoms with van der Waals surface area (Å²) in [6.07, 6.45) is 0.962. The fourth-order valence-electron chi connectivity index (χ4n) is 2.87. The Hall–Kier alpha value is -3.34. The standard InChI is InChI=1S/C21H18N2O3/c24-21(19-15-25-17-10-4-5-11-18(17)26-19)23(20-12-6-7-13-22-20)14-16-8-2-1-3-9-16/h1-13,19H,14-15H2/t19-/m1/s1. The lowest BCUT2D eigenvalue weighted by Gasteiger charge is -2.30. The summed E-state index contributed by atoms with van der Waals surface area (Å²) in [5.74, 6) is 1.65. The van der Waals surface area contributed by atoms with Crippen LogP contribution in [-0.4, -0.2) is 23.6 Å². The molecule has 0 fully saturated rings. The van der Waals surface area contributed by atoms with E-state index in [9.17, 15) is 4.79 Å². The summed E-state index contributed by atoms with van der Waals surface area (Å²) in [6, 6.07) is 22.7. The number of hydrogen-bond acceptors (Lipinski definition) is 4. The first-order valence-corrected chi connectivity index (χ1v) is 8.46. The molecule has 2 aromatic carbocycles. The third-order valence-corrected chi connectivity index (χ3v) is 4.16. The van der Waals surface area contributed by atoms with Crippen LogP contribution in [0.25, 0.3) is 0 Å². The molecule has 5 nitrogen and oxygen atoms in total. The van der Waals surface area contributed by atoms with Gasteiger partial charge in [0, 0.05) is 6.20 Å². The van der Waals surface area contributed by atoms with E-state index < -0.39 is 6.10 Å². The van der Waals surface area contributed by atoms with Crippen LogP contribution in [0.15, 0.2) is 79.0 Å². The predicted octanol–water partition coefficient (Wildman–Crippen LogP) is 3.45. The molecule has 1 aliphatic rings. The summed E-state index contributed by atoms with van der Waals surface area (Å²) in [5.41, 5.74) is 1.02. The zero-order valence-corrected chi connectivity index (χ0v) is 14.1. The molecule has 4 rings (SSSR count). The van der Waals surface area contributed by atoms with Crippen molar-refractivity contribution >= 4 is 11.7 Å². The number of aromatic nitrogens is 1. The SMILES string of the molecule is O=C([C@H]1COc2ccccc2O1)N(Cc1ccccc1)c1ccccn1. The van der Waals surface area contributed by atoms with Crippen molar-refractivity contribution in [3.8, 4) is 11.5 Å². The highest BCUT2D eigenvalue weighted by Gasteiger charge is 2.32. The third-order valence-electron chi connectivity index (χ3n) is 4.16. The number of benzene rings is 2. The molecule has 1 aliphatic heterocycles. The lowest BCUT2D eigenvalue weighted by Crippen LogP contribution is -2.46. The number of para-hydroxylation sites is 2. The minimum atomic E-state index is -0.712. The molecular formula is C21H18N2O3. The van der Waals surface area contributed by atoms with Crippen molar-refractivity contribution in [3.05, 3.63) is 84.6 Å². The van der Waals surface area contributed by atoms with Gasteiger partial charge >= 0.3 is 0 Å². The first-order chi connectivity index (χ1) is 12.8. The summed E-state index contributed by atoms with van der Waals surface area (Å²) < 4.78 is 11.6. The number of carbonyl (C=O) groups is 1. The molecule has 26 heavy (non-hydrogen) atoms. The average Bonchev–Trinajstić information content (AvgIpc) is 2.72. The van der Waals surface area contributed by atoms with Crippen molar-refractivity contribution in [3.63, 3.8) is 0 Å². The molecule has 0 saturated heterocycles. The van der Waals surface area contributed by atoms with Gasteiger partial charge in [-0.2, -0.15) is 0 Å². The van der Waals surface area contributed by atoms with Crippen molar-refractivity contribution in [1.82, 2.24) is 4.98 Å². The second-order valence-corrected chi connectivity index (χ2v) is 5.96. The van der Waals surface area contributed by atoms with Gasteiger partial charge in [0.25, 0.3) is 5.91 Å². The van der Waals surface area contributed by atoms with Gasteiger partial charge in [0.05, 0.1) is 6.54 Å².